The summed E-state index contributed by atoms with van der Waals surface area (Å²) < 4.78 is 0.676. The zero-order valence-corrected chi connectivity index (χ0v) is 13.1. The van der Waals surface area contributed by atoms with E-state index in [0.29, 0.717) is 21.4 Å². The number of halogens is 1. The van der Waals surface area contributed by atoms with Crippen molar-refractivity contribution < 1.29 is 19.8 Å². The SMILES string of the molecule is CC1=C(C(=O)O)C(c2ccccc2Br)C(C(=O)O)=C(C)N1. The van der Waals surface area contributed by atoms with Crippen LogP contribution in [0.5, 0.6) is 0 Å². The number of hydrogen-bond acceptors (Lipinski definition) is 3. The highest BCUT2D eigenvalue weighted by Crippen LogP contribution is 2.40. The fourth-order valence-electron chi connectivity index (χ4n) is 2.58. The van der Waals surface area contributed by atoms with Crippen LogP contribution in [0.25, 0.3) is 0 Å². The van der Waals surface area contributed by atoms with Crippen LogP contribution >= 0.6 is 15.9 Å². The van der Waals surface area contributed by atoms with Gasteiger partial charge in [0.25, 0.3) is 0 Å². The molecule has 0 radical (unpaired) electrons. The number of allylic oxidation sites excluding steroid dienone is 2. The molecule has 21 heavy (non-hydrogen) atoms. The summed E-state index contributed by atoms with van der Waals surface area (Å²) >= 11 is 3.37. The van der Waals surface area contributed by atoms with Gasteiger partial charge in [0.05, 0.1) is 17.1 Å². The van der Waals surface area contributed by atoms with Crippen molar-refractivity contribution in [2.75, 3.05) is 0 Å². The summed E-state index contributed by atoms with van der Waals surface area (Å²) in [6.07, 6.45) is 0. The smallest absolute Gasteiger partial charge is 0.334 e. The summed E-state index contributed by atoms with van der Waals surface area (Å²) in [6.45, 7) is 3.27. The Bertz CT molecular complexity index is 655. The van der Waals surface area contributed by atoms with E-state index >= 15 is 0 Å². The minimum absolute atomic E-state index is 0.0462. The van der Waals surface area contributed by atoms with Crippen LogP contribution in [0.2, 0.25) is 0 Å². The second-order valence-corrected chi connectivity index (χ2v) is 5.62. The molecule has 1 aliphatic heterocycles. The molecule has 3 N–H and O–H groups in total. The van der Waals surface area contributed by atoms with Crippen LogP contribution in [-0.4, -0.2) is 22.2 Å². The lowest BCUT2D eigenvalue weighted by Gasteiger charge is -2.29. The molecule has 0 atom stereocenters. The number of rotatable bonds is 3. The number of dihydropyridines is 1. The van der Waals surface area contributed by atoms with E-state index in [-0.39, 0.29) is 11.1 Å². The number of hydrogen-bond donors (Lipinski definition) is 3. The third kappa shape index (κ3) is 2.71. The molecule has 5 nitrogen and oxygen atoms in total. The van der Waals surface area contributed by atoms with Gasteiger partial charge in [-0.1, -0.05) is 34.1 Å². The first-order valence-electron chi connectivity index (χ1n) is 6.24. The molecule has 0 saturated carbocycles. The second-order valence-electron chi connectivity index (χ2n) is 4.77. The highest BCUT2D eigenvalue weighted by molar-refractivity contribution is 9.10. The van der Waals surface area contributed by atoms with Gasteiger partial charge in [0.15, 0.2) is 0 Å². The van der Waals surface area contributed by atoms with E-state index < -0.39 is 17.9 Å². The average molecular weight is 352 g/mol. The van der Waals surface area contributed by atoms with E-state index in [0.717, 1.165) is 0 Å². The number of nitrogens with one attached hydrogen (secondary N) is 1. The van der Waals surface area contributed by atoms with E-state index in [1.807, 2.05) is 0 Å². The fraction of sp³-hybridized carbons (Fsp3) is 0.200. The molecule has 1 aromatic rings. The summed E-state index contributed by atoms with van der Waals surface area (Å²) in [7, 11) is 0. The molecule has 0 spiro atoms. The van der Waals surface area contributed by atoms with E-state index in [4.69, 9.17) is 0 Å². The predicted octanol–water partition coefficient (Wildman–Crippen LogP) is 2.85. The standard InChI is InChI=1S/C15H14BrNO4/c1-7-11(14(18)19)13(9-5-3-4-6-10(9)16)12(15(20)21)8(2)17-7/h3-6,13,17H,1-2H3,(H,18,19)(H,20,21). The monoisotopic (exact) mass is 351 g/mol. The van der Waals surface area contributed by atoms with Crippen molar-refractivity contribution in [1.29, 1.82) is 0 Å². The lowest BCUT2D eigenvalue weighted by Crippen LogP contribution is -2.31. The number of benzene rings is 1. The topological polar surface area (TPSA) is 86.6 Å². The van der Waals surface area contributed by atoms with Gasteiger partial charge in [-0.05, 0) is 25.5 Å². The maximum absolute atomic E-state index is 11.6. The minimum Gasteiger partial charge on any atom is -0.478 e. The first kappa shape index (κ1) is 15.3. The highest BCUT2D eigenvalue weighted by atomic mass is 79.9. The first-order chi connectivity index (χ1) is 9.84. The van der Waals surface area contributed by atoms with E-state index in [1.54, 1.807) is 38.1 Å². The van der Waals surface area contributed by atoms with Crippen molar-refractivity contribution in [3.05, 3.63) is 56.8 Å². The largest absolute Gasteiger partial charge is 0.478 e. The molecule has 0 saturated heterocycles. The first-order valence-corrected chi connectivity index (χ1v) is 7.03. The van der Waals surface area contributed by atoms with Crippen LogP contribution in [-0.2, 0) is 9.59 Å². The normalized spacial score (nSPS) is 16.0. The van der Waals surface area contributed by atoms with Crippen molar-refractivity contribution in [1.82, 2.24) is 5.32 Å². The van der Waals surface area contributed by atoms with Crippen molar-refractivity contribution in [3.63, 3.8) is 0 Å². The van der Waals surface area contributed by atoms with Crippen LogP contribution < -0.4 is 5.32 Å². The molecule has 0 amide bonds. The molecule has 0 aromatic heterocycles. The Labute approximate surface area is 130 Å². The Morgan fingerprint density at radius 3 is 1.95 bits per heavy atom. The molecular weight excluding hydrogens is 338 g/mol. The van der Waals surface area contributed by atoms with Crippen LogP contribution in [0.1, 0.15) is 25.3 Å². The summed E-state index contributed by atoms with van der Waals surface area (Å²) in [4.78, 5) is 23.2. The van der Waals surface area contributed by atoms with E-state index in [1.165, 1.54) is 0 Å². The molecule has 110 valence electrons. The molecule has 6 heteroatoms. The third-order valence-corrected chi connectivity index (χ3v) is 4.16. The van der Waals surface area contributed by atoms with E-state index in [9.17, 15) is 19.8 Å². The molecule has 1 aromatic carbocycles. The van der Waals surface area contributed by atoms with Crippen molar-refractivity contribution in [2.45, 2.75) is 19.8 Å². The molecular formula is C15H14BrNO4. The summed E-state index contributed by atoms with van der Waals surface area (Å²) in [5, 5.41) is 21.8. The fourth-order valence-corrected chi connectivity index (χ4v) is 3.09. The van der Waals surface area contributed by atoms with Crippen molar-refractivity contribution in [2.24, 2.45) is 0 Å². The lowest BCUT2D eigenvalue weighted by atomic mass is 9.80. The van der Waals surface area contributed by atoms with Gasteiger partial charge in [0, 0.05) is 15.9 Å². The molecule has 0 fully saturated rings. The van der Waals surface area contributed by atoms with Gasteiger partial charge in [-0.3, -0.25) is 0 Å². The Morgan fingerprint density at radius 2 is 1.52 bits per heavy atom. The Kier molecular flexibility index (Phi) is 4.18. The van der Waals surface area contributed by atoms with Gasteiger partial charge in [-0.15, -0.1) is 0 Å². The Morgan fingerprint density at radius 1 is 1.05 bits per heavy atom. The van der Waals surface area contributed by atoms with Gasteiger partial charge < -0.3 is 15.5 Å². The minimum atomic E-state index is -1.13. The second kappa shape index (κ2) is 5.73. The van der Waals surface area contributed by atoms with Crippen LogP contribution in [0.15, 0.2) is 51.3 Å². The number of aliphatic carboxylic acids is 2. The van der Waals surface area contributed by atoms with Gasteiger partial charge in [-0.25, -0.2) is 9.59 Å². The van der Waals surface area contributed by atoms with Crippen molar-refractivity contribution >= 4 is 27.9 Å². The van der Waals surface area contributed by atoms with Crippen molar-refractivity contribution in [3.8, 4) is 0 Å². The quantitative estimate of drug-likeness (QED) is 0.779. The van der Waals surface area contributed by atoms with E-state index in [2.05, 4.69) is 21.2 Å². The van der Waals surface area contributed by atoms with Gasteiger partial charge in [0.2, 0.25) is 0 Å². The summed E-state index contributed by atoms with van der Waals surface area (Å²) in [5.74, 6) is -3.09. The highest BCUT2D eigenvalue weighted by Gasteiger charge is 2.37. The predicted molar refractivity (Wildman–Crippen MR) is 80.7 cm³/mol. The zero-order chi connectivity index (χ0) is 15.7. The molecule has 1 heterocycles. The number of carbonyl (C=O) groups is 2. The van der Waals surface area contributed by atoms with Crippen LogP contribution in [0, 0.1) is 0 Å². The Hall–Kier alpha value is -2.08. The maximum atomic E-state index is 11.6. The maximum Gasteiger partial charge on any atom is 0.334 e. The molecule has 0 bridgehead atoms. The number of carboxylic acid groups (broad SMARTS) is 2. The average Bonchev–Trinajstić information content (AvgIpc) is 2.37. The Balaban J connectivity index is 2.74. The van der Waals surface area contributed by atoms with Crippen LogP contribution in [0.3, 0.4) is 0 Å². The molecule has 1 aliphatic rings. The van der Waals surface area contributed by atoms with Gasteiger partial charge >= 0.3 is 11.9 Å². The lowest BCUT2D eigenvalue weighted by molar-refractivity contribution is -0.133. The van der Waals surface area contributed by atoms with Gasteiger partial charge in [-0.2, -0.15) is 0 Å². The molecule has 0 aliphatic carbocycles. The third-order valence-electron chi connectivity index (χ3n) is 3.44. The number of carboxylic acids is 2. The molecule has 2 rings (SSSR count). The zero-order valence-electron chi connectivity index (χ0n) is 11.5. The van der Waals surface area contributed by atoms with Gasteiger partial charge in [0.1, 0.15) is 0 Å². The summed E-state index contributed by atoms with van der Waals surface area (Å²) in [6, 6.07) is 7.04. The van der Waals surface area contributed by atoms with Crippen LogP contribution in [0.4, 0.5) is 0 Å². The molecule has 0 unspecified atom stereocenters. The summed E-state index contributed by atoms with van der Waals surface area (Å²) in [5.41, 5.74) is 1.61.